The third-order valence-corrected chi connectivity index (χ3v) is 7.58. The predicted octanol–water partition coefficient (Wildman–Crippen LogP) is 4.11. The zero-order chi connectivity index (χ0) is 13.2. The van der Waals surface area contributed by atoms with Gasteiger partial charge in [-0.25, -0.2) is 0 Å². The Morgan fingerprint density at radius 2 is 2.37 bits per heavy atom. The van der Waals surface area contributed by atoms with E-state index in [1.165, 1.54) is 32.0 Å². The van der Waals surface area contributed by atoms with Gasteiger partial charge in [-0.3, -0.25) is 11.3 Å². The molecule has 1 atom stereocenters. The molecule has 6 heteroatoms. The highest BCUT2D eigenvalue weighted by molar-refractivity contribution is 9.10. The highest BCUT2D eigenvalue weighted by Gasteiger charge is 2.20. The molecule has 0 saturated carbocycles. The Labute approximate surface area is 133 Å². The number of rotatable bonds is 4. The molecule has 0 saturated heterocycles. The first-order valence-corrected chi connectivity index (χ1v) is 9.79. The van der Waals surface area contributed by atoms with Crippen LogP contribution in [-0.2, 0) is 18.6 Å². The summed E-state index contributed by atoms with van der Waals surface area (Å²) in [6.07, 6.45) is 2.16. The number of aryl methyl sites for hydroxylation is 1. The third kappa shape index (κ3) is 3.09. The topological polar surface area (TPSA) is 38.0 Å². The smallest absolute Gasteiger partial charge is 0.0602 e. The fourth-order valence-corrected chi connectivity index (χ4v) is 6.24. The summed E-state index contributed by atoms with van der Waals surface area (Å²) in [4.78, 5) is 4.28. The Bertz CT molecular complexity index is 540. The van der Waals surface area contributed by atoms with Crippen LogP contribution in [0.5, 0.6) is 0 Å². The van der Waals surface area contributed by atoms with Crippen molar-refractivity contribution in [2.45, 2.75) is 24.6 Å². The molecule has 3 N–H and O–H groups in total. The molecule has 1 unspecified atom stereocenters. The summed E-state index contributed by atoms with van der Waals surface area (Å²) < 4.78 is 1.19. The third-order valence-electron chi connectivity index (χ3n) is 3.27. The number of hydrogen-bond acceptors (Lipinski definition) is 5. The Hall–Kier alpha value is 0.150. The van der Waals surface area contributed by atoms with E-state index in [4.69, 9.17) is 5.84 Å². The maximum atomic E-state index is 5.77. The van der Waals surface area contributed by atoms with Gasteiger partial charge in [-0.15, -0.1) is 22.7 Å². The molecule has 0 amide bonds. The van der Waals surface area contributed by atoms with Crippen LogP contribution in [0, 0.1) is 0 Å². The number of thioether (sulfide) groups is 1. The van der Waals surface area contributed by atoms with Gasteiger partial charge in [-0.1, -0.05) is 0 Å². The van der Waals surface area contributed by atoms with Crippen LogP contribution in [0.15, 0.2) is 22.0 Å². The van der Waals surface area contributed by atoms with E-state index < -0.39 is 0 Å². The number of nitrogens with two attached hydrogens (primary N) is 1. The van der Waals surface area contributed by atoms with Crippen molar-refractivity contribution in [3.63, 3.8) is 0 Å². The standard InChI is InChI=1S/C13H15BrN2S3/c14-9-1-4-18-12(9)6-10(16-15)13-5-8-7-17-3-2-11(8)19-13/h1,4-5,10,16H,2-3,6-7,15H2. The van der Waals surface area contributed by atoms with Crippen LogP contribution in [0.4, 0.5) is 0 Å². The summed E-state index contributed by atoms with van der Waals surface area (Å²) in [6, 6.07) is 4.66. The van der Waals surface area contributed by atoms with Gasteiger partial charge in [0, 0.05) is 31.3 Å². The van der Waals surface area contributed by atoms with E-state index in [9.17, 15) is 0 Å². The Morgan fingerprint density at radius 1 is 1.47 bits per heavy atom. The van der Waals surface area contributed by atoms with Gasteiger partial charge < -0.3 is 0 Å². The minimum Gasteiger partial charge on any atom is -0.271 e. The lowest BCUT2D eigenvalue weighted by molar-refractivity contribution is 0.563. The summed E-state index contributed by atoms with van der Waals surface area (Å²) in [5, 5.41) is 2.11. The average Bonchev–Trinajstić information content (AvgIpc) is 3.02. The second kappa shape index (κ2) is 6.28. The van der Waals surface area contributed by atoms with Crippen LogP contribution in [0.1, 0.15) is 26.2 Å². The van der Waals surface area contributed by atoms with Crippen molar-refractivity contribution < 1.29 is 0 Å². The first-order valence-electron chi connectivity index (χ1n) is 6.15. The van der Waals surface area contributed by atoms with Crippen LogP contribution in [0.3, 0.4) is 0 Å². The number of hydrazine groups is 1. The molecule has 3 heterocycles. The summed E-state index contributed by atoms with van der Waals surface area (Å²) in [6.45, 7) is 0. The molecule has 2 nitrogen and oxygen atoms in total. The van der Waals surface area contributed by atoms with Crippen molar-refractivity contribution in [3.05, 3.63) is 42.2 Å². The van der Waals surface area contributed by atoms with Gasteiger partial charge in [-0.05, 0) is 51.2 Å². The van der Waals surface area contributed by atoms with E-state index in [1.807, 2.05) is 23.1 Å². The van der Waals surface area contributed by atoms with Crippen LogP contribution in [-0.4, -0.2) is 5.75 Å². The molecule has 0 bridgehead atoms. The van der Waals surface area contributed by atoms with E-state index in [0.717, 1.165) is 12.2 Å². The van der Waals surface area contributed by atoms with Gasteiger partial charge in [0.25, 0.3) is 0 Å². The minimum absolute atomic E-state index is 0.218. The lowest BCUT2D eigenvalue weighted by atomic mass is 10.1. The van der Waals surface area contributed by atoms with Gasteiger partial charge in [0.05, 0.1) is 6.04 Å². The second-order valence-electron chi connectivity index (χ2n) is 4.51. The zero-order valence-corrected chi connectivity index (χ0v) is 14.4. The summed E-state index contributed by atoms with van der Waals surface area (Å²) in [7, 11) is 0. The van der Waals surface area contributed by atoms with Crippen molar-refractivity contribution >= 4 is 50.4 Å². The largest absolute Gasteiger partial charge is 0.271 e. The highest BCUT2D eigenvalue weighted by atomic mass is 79.9. The number of fused-ring (bicyclic) bond motifs is 1. The fourth-order valence-electron chi connectivity index (χ4n) is 2.24. The van der Waals surface area contributed by atoms with Crippen LogP contribution >= 0.6 is 50.4 Å². The summed E-state index contributed by atoms with van der Waals surface area (Å²) in [5.41, 5.74) is 4.50. The quantitative estimate of drug-likeness (QED) is 0.624. The Morgan fingerprint density at radius 3 is 3.05 bits per heavy atom. The predicted molar refractivity (Wildman–Crippen MR) is 90.0 cm³/mol. The molecule has 1 aliphatic heterocycles. The molecule has 0 aliphatic carbocycles. The van der Waals surface area contributed by atoms with Gasteiger partial charge in [0.2, 0.25) is 0 Å². The number of hydrogen-bond donors (Lipinski definition) is 2. The molecule has 3 rings (SSSR count). The molecule has 0 radical (unpaired) electrons. The molecule has 1 aliphatic rings. The molecule has 102 valence electrons. The van der Waals surface area contributed by atoms with Gasteiger partial charge >= 0.3 is 0 Å². The van der Waals surface area contributed by atoms with Gasteiger partial charge in [-0.2, -0.15) is 11.8 Å². The van der Waals surface area contributed by atoms with Crippen molar-refractivity contribution in [2.75, 3.05) is 5.75 Å². The minimum atomic E-state index is 0.218. The van der Waals surface area contributed by atoms with E-state index in [-0.39, 0.29) is 6.04 Å². The van der Waals surface area contributed by atoms with Gasteiger partial charge in [0.1, 0.15) is 0 Å². The van der Waals surface area contributed by atoms with Crippen molar-refractivity contribution in [2.24, 2.45) is 5.84 Å². The monoisotopic (exact) mass is 374 g/mol. The summed E-state index contributed by atoms with van der Waals surface area (Å²) in [5.74, 6) is 8.18. The molecule has 2 aromatic rings. The van der Waals surface area contributed by atoms with Crippen molar-refractivity contribution in [3.8, 4) is 0 Å². The molecule has 0 spiro atoms. The SMILES string of the molecule is NNC(Cc1sccc1Br)c1cc2c(s1)CCSC2. The first kappa shape index (κ1) is 14.1. The van der Waals surface area contributed by atoms with E-state index in [0.29, 0.717) is 0 Å². The number of thiophene rings is 2. The average molecular weight is 375 g/mol. The number of nitrogens with one attached hydrogen (secondary N) is 1. The van der Waals surface area contributed by atoms with E-state index in [2.05, 4.69) is 38.9 Å². The van der Waals surface area contributed by atoms with Crippen LogP contribution in [0.25, 0.3) is 0 Å². The lowest BCUT2D eigenvalue weighted by Gasteiger charge is -2.13. The van der Waals surface area contributed by atoms with Crippen LogP contribution < -0.4 is 11.3 Å². The molecule has 2 aromatic heterocycles. The maximum absolute atomic E-state index is 5.77. The Kier molecular flexibility index (Phi) is 4.66. The van der Waals surface area contributed by atoms with Crippen molar-refractivity contribution in [1.82, 2.24) is 5.43 Å². The second-order valence-corrected chi connectivity index (χ2v) is 8.64. The molecule has 19 heavy (non-hydrogen) atoms. The highest BCUT2D eigenvalue weighted by Crippen LogP contribution is 2.36. The summed E-state index contributed by atoms with van der Waals surface area (Å²) >= 11 is 9.33. The maximum Gasteiger partial charge on any atom is 0.0602 e. The molecular formula is C13H15BrN2S3. The van der Waals surface area contributed by atoms with Crippen LogP contribution in [0.2, 0.25) is 0 Å². The van der Waals surface area contributed by atoms with Crippen molar-refractivity contribution in [1.29, 1.82) is 0 Å². The number of halogens is 1. The molecule has 0 fully saturated rings. The normalized spacial score (nSPS) is 16.3. The van der Waals surface area contributed by atoms with E-state index >= 15 is 0 Å². The molecule has 0 aromatic carbocycles. The lowest BCUT2D eigenvalue weighted by Crippen LogP contribution is -2.28. The molecular weight excluding hydrogens is 360 g/mol. The Balaban J connectivity index is 1.82. The van der Waals surface area contributed by atoms with E-state index in [1.54, 1.807) is 16.2 Å². The van der Waals surface area contributed by atoms with Gasteiger partial charge in [0.15, 0.2) is 0 Å². The first-order chi connectivity index (χ1) is 9.28. The fraction of sp³-hybridized carbons (Fsp3) is 0.385. The zero-order valence-electron chi connectivity index (χ0n) is 10.3.